The number of carbonyl (C=O) groups is 1. The van der Waals surface area contributed by atoms with Crippen LogP contribution in [-0.4, -0.2) is 18.0 Å². The van der Waals surface area contributed by atoms with E-state index in [9.17, 15) is 4.79 Å². The molecule has 0 bridgehead atoms. The van der Waals surface area contributed by atoms with Crippen LogP contribution in [0, 0.1) is 5.92 Å². The van der Waals surface area contributed by atoms with Gasteiger partial charge in [0.15, 0.2) is 0 Å². The van der Waals surface area contributed by atoms with Crippen LogP contribution in [0.15, 0.2) is 24.3 Å². The second kappa shape index (κ2) is 4.87. The predicted octanol–water partition coefficient (Wildman–Crippen LogP) is 2.72. The molecule has 0 saturated heterocycles. The van der Waals surface area contributed by atoms with Crippen LogP contribution in [0.3, 0.4) is 0 Å². The molecule has 19 heavy (non-hydrogen) atoms. The van der Waals surface area contributed by atoms with Crippen molar-refractivity contribution in [3.05, 3.63) is 29.8 Å². The number of benzene rings is 1. The molecule has 1 heterocycles. The Balaban J connectivity index is 1.66. The van der Waals surface area contributed by atoms with Gasteiger partial charge in [0.1, 0.15) is 0 Å². The minimum atomic E-state index is 0.0358. The van der Waals surface area contributed by atoms with Crippen molar-refractivity contribution >= 4 is 11.6 Å². The maximum atomic E-state index is 12.4. The van der Waals surface area contributed by atoms with E-state index in [-0.39, 0.29) is 17.4 Å². The Kier molecular flexibility index (Phi) is 3.21. The van der Waals surface area contributed by atoms with Gasteiger partial charge in [-0.15, -0.1) is 0 Å². The summed E-state index contributed by atoms with van der Waals surface area (Å²) in [6.07, 6.45) is 5.57. The molecule has 1 aromatic rings. The van der Waals surface area contributed by atoms with Crippen molar-refractivity contribution in [1.82, 2.24) is 5.32 Å². The Hall–Kier alpha value is -1.51. The molecule has 1 fully saturated rings. The first kappa shape index (κ1) is 12.5. The van der Waals surface area contributed by atoms with Crippen LogP contribution in [0.25, 0.3) is 0 Å². The lowest BCUT2D eigenvalue weighted by molar-refractivity contribution is -0.126. The standard InChI is InChI=1S/C16H22N2O/c1-16(8-4-5-9-16)18-15(19)13-10-12-6-2-3-7-14(12)17-11-13/h2-3,6-7,13,17H,4-5,8-11H2,1H3,(H,18,19). The highest BCUT2D eigenvalue weighted by Crippen LogP contribution is 2.30. The third-order valence-electron chi connectivity index (χ3n) is 4.53. The molecule has 1 amide bonds. The van der Waals surface area contributed by atoms with Crippen molar-refractivity contribution in [2.24, 2.45) is 5.92 Å². The lowest BCUT2D eigenvalue weighted by Crippen LogP contribution is -2.48. The fraction of sp³-hybridized carbons (Fsp3) is 0.562. The molecule has 1 aliphatic heterocycles. The van der Waals surface area contributed by atoms with Gasteiger partial charge >= 0.3 is 0 Å². The van der Waals surface area contributed by atoms with E-state index in [2.05, 4.69) is 29.7 Å². The second-order valence-electron chi connectivity index (χ2n) is 6.20. The first-order valence-corrected chi connectivity index (χ1v) is 7.30. The zero-order valence-electron chi connectivity index (χ0n) is 11.5. The predicted molar refractivity (Wildman–Crippen MR) is 77.1 cm³/mol. The highest BCUT2D eigenvalue weighted by molar-refractivity contribution is 5.81. The Labute approximate surface area is 114 Å². The van der Waals surface area contributed by atoms with Gasteiger partial charge in [0.2, 0.25) is 5.91 Å². The van der Waals surface area contributed by atoms with Crippen molar-refractivity contribution in [2.45, 2.75) is 44.6 Å². The average Bonchev–Trinajstić information content (AvgIpc) is 2.84. The third kappa shape index (κ3) is 2.60. The summed E-state index contributed by atoms with van der Waals surface area (Å²) >= 11 is 0. The summed E-state index contributed by atoms with van der Waals surface area (Å²) in [5.74, 6) is 0.277. The number of amides is 1. The zero-order valence-corrected chi connectivity index (χ0v) is 11.5. The minimum Gasteiger partial charge on any atom is -0.384 e. The molecule has 2 N–H and O–H groups in total. The number of nitrogens with one attached hydrogen (secondary N) is 2. The maximum Gasteiger partial charge on any atom is 0.225 e. The van der Waals surface area contributed by atoms with Crippen molar-refractivity contribution in [3.63, 3.8) is 0 Å². The molecule has 2 aliphatic rings. The number of rotatable bonds is 2. The van der Waals surface area contributed by atoms with Crippen LogP contribution in [-0.2, 0) is 11.2 Å². The number of para-hydroxylation sites is 1. The van der Waals surface area contributed by atoms with Crippen molar-refractivity contribution in [2.75, 3.05) is 11.9 Å². The lowest BCUT2D eigenvalue weighted by Gasteiger charge is -2.31. The molecule has 1 aromatic carbocycles. The number of hydrogen-bond donors (Lipinski definition) is 2. The zero-order chi connectivity index (χ0) is 13.3. The SMILES string of the molecule is CC1(NC(=O)C2CNc3ccccc3C2)CCCC1. The number of fused-ring (bicyclic) bond motifs is 1. The van der Waals surface area contributed by atoms with E-state index in [4.69, 9.17) is 0 Å². The van der Waals surface area contributed by atoms with Gasteiger partial charge < -0.3 is 10.6 Å². The highest BCUT2D eigenvalue weighted by atomic mass is 16.2. The van der Waals surface area contributed by atoms with Crippen LogP contribution in [0.1, 0.15) is 38.2 Å². The van der Waals surface area contributed by atoms with Gasteiger partial charge in [0.25, 0.3) is 0 Å². The summed E-state index contributed by atoms with van der Waals surface area (Å²) in [6.45, 7) is 2.93. The van der Waals surface area contributed by atoms with E-state index in [0.29, 0.717) is 0 Å². The van der Waals surface area contributed by atoms with Crippen LogP contribution in [0.5, 0.6) is 0 Å². The fourth-order valence-corrected chi connectivity index (χ4v) is 3.31. The monoisotopic (exact) mass is 258 g/mol. The Morgan fingerprint density at radius 3 is 2.84 bits per heavy atom. The highest BCUT2D eigenvalue weighted by Gasteiger charge is 2.33. The molecule has 3 nitrogen and oxygen atoms in total. The Morgan fingerprint density at radius 2 is 2.05 bits per heavy atom. The summed E-state index contributed by atoms with van der Waals surface area (Å²) < 4.78 is 0. The van der Waals surface area contributed by atoms with E-state index < -0.39 is 0 Å². The van der Waals surface area contributed by atoms with Crippen molar-refractivity contribution < 1.29 is 4.79 Å². The van der Waals surface area contributed by atoms with Crippen LogP contribution in [0.2, 0.25) is 0 Å². The average molecular weight is 258 g/mol. The van der Waals surface area contributed by atoms with Gasteiger partial charge in [0, 0.05) is 17.8 Å². The maximum absolute atomic E-state index is 12.4. The van der Waals surface area contributed by atoms with Crippen molar-refractivity contribution in [3.8, 4) is 0 Å². The van der Waals surface area contributed by atoms with Gasteiger partial charge in [0.05, 0.1) is 5.92 Å². The molecule has 0 spiro atoms. The van der Waals surface area contributed by atoms with E-state index in [1.807, 2.05) is 12.1 Å². The topological polar surface area (TPSA) is 41.1 Å². The molecule has 1 saturated carbocycles. The van der Waals surface area contributed by atoms with Gasteiger partial charge in [-0.3, -0.25) is 4.79 Å². The van der Waals surface area contributed by atoms with E-state index in [0.717, 1.165) is 25.8 Å². The van der Waals surface area contributed by atoms with E-state index >= 15 is 0 Å². The molecule has 1 atom stereocenters. The lowest BCUT2D eigenvalue weighted by atomic mass is 9.91. The molecule has 3 heteroatoms. The van der Waals surface area contributed by atoms with E-state index in [1.54, 1.807) is 0 Å². The molecule has 0 aromatic heterocycles. The molecular weight excluding hydrogens is 236 g/mol. The third-order valence-corrected chi connectivity index (χ3v) is 4.53. The van der Waals surface area contributed by atoms with Crippen LogP contribution >= 0.6 is 0 Å². The van der Waals surface area contributed by atoms with E-state index in [1.165, 1.54) is 24.1 Å². The fourth-order valence-electron chi connectivity index (χ4n) is 3.31. The number of hydrogen-bond acceptors (Lipinski definition) is 2. The Bertz CT molecular complexity index is 477. The van der Waals surface area contributed by atoms with Crippen LogP contribution < -0.4 is 10.6 Å². The summed E-state index contributed by atoms with van der Waals surface area (Å²) in [6, 6.07) is 8.27. The second-order valence-corrected chi connectivity index (χ2v) is 6.20. The summed E-state index contributed by atoms with van der Waals surface area (Å²) in [7, 11) is 0. The number of carbonyl (C=O) groups excluding carboxylic acids is 1. The minimum absolute atomic E-state index is 0.0358. The quantitative estimate of drug-likeness (QED) is 0.856. The normalized spacial score (nSPS) is 24.4. The van der Waals surface area contributed by atoms with Crippen molar-refractivity contribution in [1.29, 1.82) is 0 Å². The van der Waals surface area contributed by atoms with Gasteiger partial charge in [-0.05, 0) is 37.8 Å². The molecule has 102 valence electrons. The molecule has 1 unspecified atom stereocenters. The Morgan fingerprint density at radius 1 is 1.32 bits per heavy atom. The summed E-state index contributed by atoms with van der Waals surface area (Å²) in [5, 5.41) is 6.65. The molecule has 0 radical (unpaired) electrons. The summed E-state index contributed by atoms with van der Waals surface area (Å²) in [4.78, 5) is 12.4. The first-order chi connectivity index (χ1) is 9.16. The first-order valence-electron chi connectivity index (χ1n) is 7.30. The van der Waals surface area contributed by atoms with Gasteiger partial charge in [-0.25, -0.2) is 0 Å². The molecule has 3 rings (SSSR count). The van der Waals surface area contributed by atoms with Gasteiger partial charge in [-0.1, -0.05) is 31.0 Å². The van der Waals surface area contributed by atoms with Gasteiger partial charge in [-0.2, -0.15) is 0 Å². The number of anilines is 1. The largest absolute Gasteiger partial charge is 0.384 e. The molecule has 1 aliphatic carbocycles. The smallest absolute Gasteiger partial charge is 0.225 e. The molecular formula is C16H22N2O. The van der Waals surface area contributed by atoms with Crippen LogP contribution in [0.4, 0.5) is 5.69 Å². The summed E-state index contributed by atoms with van der Waals surface area (Å²) in [5.41, 5.74) is 2.47.